The van der Waals surface area contributed by atoms with Crippen molar-refractivity contribution < 1.29 is 29.0 Å². The second-order valence-corrected chi connectivity index (χ2v) is 8.08. The first kappa shape index (κ1) is 22.3. The molecule has 2 aromatic rings. The van der Waals surface area contributed by atoms with Crippen molar-refractivity contribution in [2.45, 2.75) is 24.8 Å². The molecular weight excluding hydrogens is 426 g/mol. The maximum Gasteiger partial charge on any atom is 0.407 e. The van der Waals surface area contributed by atoms with Crippen molar-refractivity contribution in [2.24, 2.45) is 0 Å². The number of hydrogen-bond donors (Lipinski definition) is 3. The third-order valence-corrected chi connectivity index (χ3v) is 5.89. The minimum atomic E-state index is -1.33. The molecular formula is C24H25N3O6. The summed E-state index contributed by atoms with van der Waals surface area (Å²) in [6, 6.07) is 14.5. The molecule has 3 N–H and O–H groups in total. The molecule has 2 aromatic carbocycles. The molecule has 4 rings (SSSR count). The van der Waals surface area contributed by atoms with E-state index in [9.17, 15) is 24.3 Å². The van der Waals surface area contributed by atoms with Gasteiger partial charge in [0.05, 0.1) is 13.0 Å². The first-order valence-electron chi connectivity index (χ1n) is 10.8. The van der Waals surface area contributed by atoms with Gasteiger partial charge in [-0.15, -0.1) is 0 Å². The van der Waals surface area contributed by atoms with E-state index in [1.807, 2.05) is 48.5 Å². The Morgan fingerprint density at radius 3 is 2.36 bits per heavy atom. The summed E-state index contributed by atoms with van der Waals surface area (Å²) in [6.45, 7) is 0.591. The van der Waals surface area contributed by atoms with Gasteiger partial charge in [-0.3, -0.25) is 14.4 Å². The van der Waals surface area contributed by atoms with Crippen molar-refractivity contribution in [3.05, 3.63) is 59.7 Å². The maximum absolute atomic E-state index is 12.9. The minimum Gasteiger partial charge on any atom is -0.481 e. The summed E-state index contributed by atoms with van der Waals surface area (Å²) in [6.07, 6.45) is -0.945. The monoisotopic (exact) mass is 451 g/mol. The van der Waals surface area contributed by atoms with Gasteiger partial charge in [-0.05, 0) is 28.7 Å². The topological polar surface area (TPSA) is 125 Å². The van der Waals surface area contributed by atoms with Crippen LogP contribution in [0, 0.1) is 0 Å². The predicted octanol–water partition coefficient (Wildman–Crippen LogP) is 1.72. The summed E-state index contributed by atoms with van der Waals surface area (Å²) in [7, 11) is 0. The van der Waals surface area contributed by atoms with Crippen molar-refractivity contribution in [2.75, 3.05) is 26.2 Å². The molecule has 33 heavy (non-hydrogen) atoms. The Balaban J connectivity index is 1.43. The molecule has 2 aliphatic rings. The fraction of sp³-hybridized carbons (Fsp3) is 0.333. The molecule has 1 heterocycles. The average molecular weight is 451 g/mol. The van der Waals surface area contributed by atoms with Gasteiger partial charge in [0.2, 0.25) is 11.8 Å². The molecule has 1 aliphatic carbocycles. The Hall–Kier alpha value is -3.88. The third-order valence-electron chi connectivity index (χ3n) is 5.89. The normalized spacial score (nSPS) is 16.1. The van der Waals surface area contributed by atoms with Crippen LogP contribution in [0.1, 0.15) is 29.9 Å². The van der Waals surface area contributed by atoms with Crippen LogP contribution in [-0.2, 0) is 19.1 Å². The number of nitrogens with one attached hydrogen (secondary N) is 2. The SMILES string of the molecule is O=C(O)CC(NC(=O)OCC1c2ccccc2-c2ccccc21)C(=O)N1CCCNC(=O)C1. The maximum atomic E-state index is 12.9. The van der Waals surface area contributed by atoms with Crippen molar-refractivity contribution in [1.29, 1.82) is 0 Å². The highest BCUT2D eigenvalue weighted by molar-refractivity contribution is 5.92. The molecule has 0 aromatic heterocycles. The lowest BCUT2D eigenvalue weighted by Crippen LogP contribution is -2.51. The Morgan fingerprint density at radius 2 is 1.73 bits per heavy atom. The summed E-state index contributed by atoms with van der Waals surface area (Å²) >= 11 is 0. The van der Waals surface area contributed by atoms with Crippen LogP contribution in [0.25, 0.3) is 11.1 Å². The van der Waals surface area contributed by atoms with E-state index in [-0.39, 0.29) is 25.0 Å². The van der Waals surface area contributed by atoms with E-state index >= 15 is 0 Å². The third kappa shape index (κ3) is 4.97. The second-order valence-electron chi connectivity index (χ2n) is 8.08. The number of alkyl carbamates (subject to hydrolysis) is 1. The Morgan fingerprint density at radius 1 is 1.09 bits per heavy atom. The number of rotatable bonds is 6. The minimum absolute atomic E-state index is 0.0416. The average Bonchev–Trinajstić information content (AvgIpc) is 2.95. The Bertz CT molecular complexity index is 1040. The van der Waals surface area contributed by atoms with E-state index in [4.69, 9.17) is 4.74 Å². The van der Waals surface area contributed by atoms with Gasteiger partial charge >= 0.3 is 12.1 Å². The molecule has 1 saturated heterocycles. The van der Waals surface area contributed by atoms with E-state index in [2.05, 4.69) is 10.6 Å². The number of nitrogens with zero attached hydrogens (tertiary/aromatic N) is 1. The molecule has 172 valence electrons. The smallest absolute Gasteiger partial charge is 0.407 e. The highest BCUT2D eigenvalue weighted by atomic mass is 16.5. The van der Waals surface area contributed by atoms with Crippen LogP contribution in [0.3, 0.4) is 0 Å². The molecule has 3 amide bonds. The second kappa shape index (κ2) is 9.72. The van der Waals surface area contributed by atoms with Gasteiger partial charge in [0.15, 0.2) is 0 Å². The van der Waals surface area contributed by atoms with Crippen LogP contribution in [0.5, 0.6) is 0 Å². The molecule has 1 atom stereocenters. The molecule has 0 bridgehead atoms. The van der Waals surface area contributed by atoms with Gasteiger partial charge < -0.3 is 25.4 Å². The number of carboxylic acid groups (broad SMARTS) is 1. The van der Waals surface area contributed by atoms with Gasteiger partial charge in [0.1, 0.15) is 12.6 Å². The lowest BCUT2D eigenvalue weighted by atomic mass is 9.98. The molecule has 9 nitrogen and oxygen atoms in total. The number of aliphatic carboxylic acids is 1. The van der Waals surface area contributed by atoms with Gasteiger partial charge in [-0.2, -0.15) is 0 Å². The van der Waals surface area contributed by atoms with Crippen LogP contribution >= 0.6 is 0 Å². The van der Waals surface area contributed by atoms with E-state index in [0.29, 0.717) is 19.5 Å². The lowest BCUT2D eigenvalue weighted by Gasteiger charge is -2.25. The Kier molecular flexibility index (Phi) is 6.58. The molecule has 0 spiro atoms. The van der Waals surface area contributed by atoms with E-state index < -0.39 is 30.4 Å². The number of carbonyl (C=O) groups is 4. The summed E-state index contributed by atoms with van der Waals surface area (Å²) in [5, 5.41) is 14.3. The van der Waals surface area contributed by atoms with Gasteiger partial charge in [0, 0.05) is 19.0 Å². The quantitative estimate of drug-likeness (QED) is 0.614. The number of benzene rings is 2. The van der Waals surface area contributed by atoms with Gasteiger partial charge in [-0.1, -0.05) is 48.5 Å². The van der Waals surface area contributed by atoms with Crippen molar-refractivity contribution in [3.63, 3.8) is 0 Å². The van der Waals surface area contributed by atoms with Crippen molar-refractivity contribution in [3.8, 4) is 11.1 Å². The van der Waals surface area contributed by atoms with Crippen LogP contribution < -0.4 is 10.6 Å². The zero-order valence-electron chi connectivity index (χ0n) is 18.0. The largest absolute Gasteiger partial charge is 0.481 e. The molecule has 0 radical (unpaired) electrons. The lowest BCUT2D eigenvalue weighted by molar-refractivity contribution is -0.143. The summed E-state index contributed by atoms with van der Waals surface area (Å²) < 4.78 is 5.44. The molecule has 1 fully saturated rings. The van der Waals surface area contributed by atoms with E-state index in [1.54, 1.807) is 0 Å². The number of carbonyl (C=O) groups excluding carboxylic acids is 3. The fourth-order valence-corrected chi connectivity index (χ4v) is 4.37. The van der Waals surface area contributed by atoms with Crippen LogP contribution in [0.4, 0.5) is 4.79 Å². The predicted molar refractivity (Wildman–Crippen MR) is 118 cm³/mol. The molecule has 1 aliphatic heterocycles. The van der Waals surface area contributed by atoms with Crippen LogP contribution in [-0.4, -0.2) is 66.2 Å². The molecule has 9 heteroatoms. The summed E-state index contributed by atoms with van der Waals surface area (Å²) in [4.78, 5) is 49.8. The zero-order chi connectivity index (χ0) is 23.4. The number of ether oxygens (including phenoxy) is 1. The Labute approximate surface area is 190 Å². The van der Waals surface area contributed by atoms with E-state index in [1.165, 1.54) is 4.90 Å². The highest BCUT2D eigenvalue weighted by Gasteiger charge is 2.32. The van der Waals surface area contributed by atoms with Gasteiger partial charge in [-0.25, -0.2) is 4.79 Å². The van der Waals surface area contributed by atoms with Crippen LogP contribution in [0.15, 0.2) is 48.5 Å². The van der Waals surface area contributed by atoms with Crippen molar-refractivity contribution >= 4 is 23.9 Å². The number of fused-ring (bicyclic) bond motifs is 3. The fourth-order valence-electron chi connectivity index (χ4n) is 4.37. The summed E-state index contributed by atoms with van der Waals surface area (Å²) in [5.74, 6) is -2.35. The zero-order valence-corrected chi connectivity index (χ0v) is 18.0. The number of amides is 3. The molecule has 1 unspecified atom stereocenters. The standard InChI is InChI=1S/C24H25N3O6/c28-21-13-27(11-5-10-25-21)23(31)20(12-22(29)30)26-24(32)33-14-19-17-8-3-1-6-15(17)16-7-2-4-9-18(16)19/h1-4,6-9,19-20H,5,10-14H2,(H,25,28)(H,26,32)(H,29,30). The molecule has 0 saturated carbocycles. The number of carboxylic acids is 1. The van der Waals surface area contributed by atoms with Gasteiger partial charge in [0.25, 0.3) is 0 Å². The first-order chi connectivity index (χ1) is 15.9. The van der Waals surface area contributed by atoms with Crippen LogP contribution in [0.2, 0.25) is 0 Å². The number of hydrogen-bond acceptors (Lipinski definition) is 5. The van der Waals surface area contributed by atoms with E-state index in [0.717, 1.165) is 22.3 Å². The summed E-state index contributed by atoms with van der Waals surface area (Å²) in [5.41, 5.74) is 4.25. The van der Waals surface area contributed by atoms with Crippen molar-refractivity contribution in [1.82, 2.24) is 15.5 Å². The highest BCUT2D eigenvalue weighted by Crippen LogP contribution is 2.44. The first-order valence-corrected chi connectivity index (χ1v) is 10.8.